The van der Waals surface area contributed by atoms with Gasteiger partial charge in [-0.25, -0.2) is 23.2 Å². The van der Waals surface area contributed by atoms with E-state index in [0.717, 1.165) is 88.5 Å². The van der Waals surface area contributed by atoms with Gasteiger partial charge in [0.05, 0.1) is 39.1 Å². The number of nitrogens with zero attached hydrogens (tertiary/aromatic N) is 10. The van der Waals surface area contributed by atoms with Gasteiger partial charge in [-0.1, -0.05) is 63.1 Å². The van der Waals surface area contributed by atoms with Gasteiger partial charge in [0, 0.05) is 68.9 Å². The minimum absolute atomic E-state index is 0.000273. The molecule has 13 rings (SSSR count). The number of ether oxygens (including phenoxy) is 2. The number of fused-ring (bicyclic) bond motifs is 6. The maximum absolute atomic E-state index is 17.6. The van der Waals surface area contributed by atoms with E-state index in [0.29, 0.717) is 90.5 Å². The molecule has 2 N–H and O–H groups in total. The number of hydrogen-bond donors (Lipinski definition) is 2. The molecule has 3 aromatic carbocycles. The number of anilines is 1. The van der Waals surface area contributed by atoms with Crippen molar-refractivity contribution in [3.05, 3.63) is 88.0 Å². The third-order valence-electron chi connectivity index (χ3n) is 20.5. The van der Waals surface area contributed by atoms with Gasteiger partial charge in [-0.05, 0) is 131 Å². The summed E-state index contributed by atoms with van der Waals surface area (Å²) in [4.78, 5) is 89.9. The average molecular weight is 1160 g/mol. The standard InChI is InChI=1S/C64H73F2N11O8/c1-6-44-47(65)15-14-39-10-7-12-45(51(39)44)53-52(66)54-46(33-67-53)56(74-34-42-19-26-64(36-74,62(2,3)4)77(42)60(81)82)70-58(69-54)85-37-63-24-9-27-75(63)43(18-25-63)35-84-61(83)73-30-22-41(23-31-73)72-28-20-38(21-29-72)32-40-11-8-13-48-55(40)71(5)59(80)76(48)49-16-17-50(78)68-57(49)79/h1,7-8,10-15,33,38,41-43,49H,9,16-32,34-37H2,2-5H3,(H,81,82)(H,68,78,79)/t42?,43-,49?,63-,64?/m0/s1. The third-order valence-corrected chi connectivity index (χ3v) is 20.5. The van der Waals surface area contributed by atoms with E-state index in [1.165, 1.54) is 12.3 Å². The fourth-order valence-electron chi connectivity index (χ4n) is 16.1. The number of imide groups is 1. The molecule has 5 atom stereocenters. The molecule has 21 heteroatoms. The zero-order chi connectivity index (χ0) is 59.3. The second kappa shape index (κ2) is 21.7. The number of aryl methyl sites for hydroxylation is 1. The van der Waals surface area contributed by atoms with Gasteiger partial charge in [0.25, 0.3) is 0 Å². The van der Waals surface area contributed by atoms with E-state index in [1.54, 1.807) is 45.3 Å². The zero-order valence-electron chi connectivity index (χ0n) is 48.7. The number of nitrogens with one attached hydrogen (secondary N) is 1. The summed E-state index contributed by atoms with van der Waals surface area (Å²) in [7, 11) is 1.75. The van der Waals surface area contributed by atoms with Crippen molar-refractivity contribution >= 4 is 62.5 Å². The number of imidazole rings is 1. The number of rotatable bonds is 11. The number of benzene rings is 3. The summed E-state index contributed by atoms with van der Waals surface area (Å²) in [6, 6.07) is 13.3. The van der Waals surface area contributed by atoms with Crippen molar-refractivity contribution in [3.63, 3.8) is 0 Å². The number of hydrogen-bond acceptors (Lipinski definition) is 13. The monoisotopic (exact) mass is 1160 g/mol. The first-order chi connectivity index (χ1) is 40.9. The Kier molecular flexibility index (Phi) is 14.4. The van der Waals surface area contributed by atoms with Crippen molar-refractivity contribution < 1.29 is 42.5 Å². The molecule has 4 amide bonds. The molecule has 0 spiro atoms. The average Bonchev–Trinajstić information content (AvgIpc) is 2.22. The van der Waals surface area contributed by atoms with Crippen molar-refractivity contribution in [3.8, 4) is 29.6 Å². The highest BCUT2D eigenvalue weighted by molar-refractivity contribution is 6.02. The Hall–Kier alpha value is -7.70. The molecule has 0 radical (unpaired) electrons. The van der Waals surface area contributed by atoms with E-state index in [4.69, 9.17) is 25.9 Å². The van der Waals surface area contributed by atoms with Gasteiger partial charge in [-0.3, -0.25) is 38.8 Å². The molecule has 0 aliphatic carbocycles. The molecular formula is C64H73F2N11O8. The number of likely N-dealkylation sites (tertiary alicyclic amines) is 2. The Labute approximate surface area is 491 Å². The highest BCUT2D eigenvalue weighted by atomic mass is 19.1. The molecule has 7 aliphatic rings. The quantitative estimate of drug-likeness (QED) is 0.0925. The normalized spacial score (nSPS) is 25.3. The summed E-state index contributed by atoms with van der Waals surface area (Å²) in [5.74, 6) is 1.16. The van der Waals surface area contributed by atoms with Gasteiger partial charge >= 0.3 is 23.9 Å². The minimum atomic E-state index is -0.970. The fraction of sp³-hybridized carbons (Fsp3) is 0.531. The van der Waals surface area contributed by atoms with Gasteiger partial charge in [0.2, 0.25) is 11.8 Å². The molecule has 446 valence electrons. The van der Waals surface area contributed by atoms with Crippen LogP contribution in [0.15, 0.2) is 59.5 Å². The maximum atomic E-state index is 17.6. The van der Waals surface area contributed by atoms with E-state index in [1.807, 2.05) is 21.9 Å². The van der Waals surface area contributed by atoms with Crippen LogP contribution in [0, 0.1) is 35.3 Å². The number of terminal acetylenes is 1. The molecule has 7 aliphatic heterocycles. The molecule has 2 bridgehead atoms. The number of carbonyl (C=O) groups is 4. The first kappa shape index (κ1) is 56.4. The van der Waals surface area contributed by atoms with Crippen molar-refractivity contribution in [2.75, 3.05) is 63.9 Å². The number of halogens is 2. The van der Waals surface area contributed by atoms with E-state index < -0.39 is 46.2 Å². The molecule has 7 fully saturated rings. The van der Waals surface area contributed by atoms with Crippen molar-refractivity contribution in [1.82, 2.24) is 49.0 Å². The second-order valence-corrected chi connectivity index (χ2v) is 25.9. The first-order valence-corrected chi connectivity index (χ1v) is 30.3. The number of pyridine rings is 1. The number of para-hydroxylation sites is 1. The SMILES string of the molecule is C#Cc1c(F)ccc2cccc(-c3ncc4c(N5CC6CCC(C(C)(C)C)(C5)N6C(=O)O)nc(OC[C@@]56CCCN5[C@H](COC(=O)N5CCC(N7CCC(Cc8cccc9c8n(C)c(=O)n9C8CCC(=O)NC8=O)CC7)CC5)CC6)nc4c3F)c12. The van der Waals surface area contributed by atoms with E-state index in [2.05, 4.69) is 52.9 Å². The first-order valence-electron chi connectivity index (χ1n) is 30.3. The van der Waals surface area contributed by atoms with Crippen LogP contribution in [0.4, 0.5) is 24.2 Å². The summed E-state index contributed by atoms with van der Waals surface area (Å²) >= 11 is 0. The summed E-state index contributed by atoms with van der Waals surface area (Å²) in [6.07, 6.45) is 15.8. The smallest absolute Gasteiger partial charge is 0.409 e. The summed E-state index contributed by atoms with van der Waals surface area (Å²) in [6.45, 7) is 11.2. The maximum Gasteiger partial charge on any atom is 0.409 e. The largest absolute Gasteiger partial charge is 0.465 e. The molecule has 10 heterocycles. The summed E-state index contributed by atoms with van der Waals surface area (Å²) in [5, 5.41) is 14.3. The molecule has 0 saturated carbocycles. The lowest BCUT2D eigenvalue weighted by Gasteiger charge is -2.54. The number of amides is 4. The van der Waals surface area contributed by atoms with Gasteiger partial charge in [0.15, 0.2) is 5.82 Å². The topological polar surface area (TPSA) is 201 Å². The number of carbonyl (C=O) groups excluding carboxylic acids is 3. The Morgan fingerprint density at radius 3 is 2.45 bits per heavy atom. The van der Waals surface area contributed by atoms with E-state index in [-0.39, 0.29) is 72.2 Å². The predicted octanol–water partition coefficient (Wildman–Crippen LogP) is 8.41. The number of piperazine rings is 1. The van der Waals surface area contributed by atoms with Crippen LogP contribution in [0.2, 0.25) is 0 Å². The van der Waals surface area contributed by atoms with Crippen LogP contribution >= 0.6 is 0 Å². The zero-order valence-corrected chi connectivity index (χ0v) is 48.7. The van der Waals surface area contributed by atoms with Gasteiger partial charge in [-0.2, -0.15) is 9.97 Å². The lowest BCUT2D eigenvalue weighted by molar-refractivity contribution is -0.135. The molecule has 3 unspecified atom stereocenters. The number of aromatic nitrogens is 5. The highest BCUT2D eigenvalue weighted by Gasteiger charge is 2.60. The van der Waals surface area contributed by atoms with Crippen LogP contribution in [0.3, 0.4) is 0 Å². The molecule has 7 saturated heterocycles. The molecule has 3 aromatic heterocycles. The number of piperidine rings is 3. The Morgan fingerprint density at radius 2 is 1.69 bits per heavy atom. The molecular weight excluding hydrogens is 1090 g/mol. The van der Waals surface area contributed by atoms with Crippen LogP contribution in [0.5, 0.6) is 6.01 Å². The molecule has 6 aromatic rings. The van der Waals surface area contributed by atoms with Crippen LogP contribution < -0.4 is 20.6 Å². The van der Waals surface area contributed by atoms with Gasteiger partial charge in [0.1, 0.15) is 42.1 Å². The van der Waals surface area contributed by atoms with Crippen LogP contribution in [0.1, 0.15) is 115 Å². The van der Waals surface area contributed by atoms with E-state index >= 15 is 8.78 Å². The lowest BCUT2D eigenvalue weighted by Crippen LogP contribution is -2.68. The Morgan fingerprint density at radius 1 is 0.906 bits per heavy atom. The van der Waals surface area contributed by atoms with Crippen molar-refractivity contribution in [2.24, 2.45) is 18.4 Å². The summed E-state index contributed by atoms with van der Waals surface area (Å²) in [5.41, 5.74) is 0.951. The van der Waals surface area contributed by atoms with Crippen LogP contribution in [0.25, 0.3) is 44.0 Å². The van der Waals surface area contributed by atoms with Crippen LogP contribution in [-0.2, 0) is 27.8 Å². The molecule has 19 nitrogen and oxygen atoms in total. The van der Waals surface area contributed by atoms with Crippen molar-refractivity contribution in [2.45, 2.75) is 139 Å². The fourth-order valence-corrected chi connectivity index (χ4v) is 16.1. The molecule has 85 heavy (non-hydrogen) atoms. The van der Waals surface area contributed by atoms with Gasteiger partial charge < -0.3 is 29.3 Å². The number of carboxylic acid groups (broad SMARTS) is 1. The Bertz CT molecular complexity index is 3800. The lowest BCUT2D eigenvalue weighted by atomic mass is 9.71. The highest BCUT2D eigenvalue weighted by Crippen LogP contribution is 2.51. The minimum Gasteiger partial charge on any atom is -0.465 e. The third kappa shape index (κ3) is 9.62. The second-order valence-electron chi connectivity index (χ2n) is 25.9. The summed E-state index contributed by atoms with van der Waals surface area (Å²) < 4.78 is 48.8. The van der Waals surface area contributed by atoms with Crippen molar-refractivity contribution in [1.29, 1.82) is 0 Å². The van der Waals surface area contributed by atoms with E-state index in [9.17, 15) is 29.1 Å². The van der Waals surface area contributed by atoms with Gasteiger partial charge in [-0.15, -0.1) is 6.42 Å². The van der Waals surface area contributed by atoms with Crippen LogP contribution in [-0.4, -0.2) is 161 Å². The Balaban J connectivity index is 0.663. The predicted molar refractivity (Wildman–Crippen MR) is 315 cm³/mol.